The van der Waals surface area contributed by atoms with Crippen LogP contribution in [-0.4, -0.2) is 26.9 Å². The van der Waals surface area contributed by atoms with Gasteiger partial charge in [0.25, 0.3) is 0 Å². The van der Waals surface area contributed by atoms with Crippen LogP contribution in [0.1, 0.15) is 0 Å². The summed E-state index contributed by atoms with van der Waals surface area (Å²) in [6.07, 6.45) is 5.17. The van der Waals surface area contributed by atoms with Crippen molar-refractivity contribution < 1.29 is 4.74 Å². The van der Waals surface area contributed by atoms with E-state index in [1.165, 1.54) is 0 Å². The highest BCUT2D eigenvalue weighted by atomic mass is 16.5. The number of nitrogens with two attached hydrogens (primary N) is 1. The third-order valence-electron chi connectivity index (χ3n) is 3.06. The van der Waals surface area contributed by atoms with E-state index in [1.807, 2.05) is 19.2 Å². The van der Waals surface area contributed by atoms with Crippen molar-refractivity contribution in [1.82, 2.24) is 19.7 Å². The summed E-state index contributed by atoms with van der Waals surface area (Å²) in [6, 6.07) is 3.77. The molecule has 0 aliphatic rings. The van der Waals surface area contributed by atoms with Crippen LogP contribution in [0.25, 0.3) is 22.0 Å². The van der Waals surface area contributed by atoms with Crippen LogP contribution in [0.2, 0.25) is 0 Å². The van der Waals surface area contributed by atoms with Crippen molar-refractivity contribution in [3.63, 3.8) is 0 Å². The molecule has 3 aromatic rings. The summed E-state index contributed by atoms with van der Waals surface area (Å²) in [4.78, 5) is 8.32. The van der Waals surface area contributed by atoms with Gasteiger partial charge in [-0.3, -0.25) is 4.68 Å². The molecule has 0 bridgehead atoms. The highest BCUT2D eigenvalue weighted by Crippen LogP contribution is 2.30. The Morgan fingerprint density at radius 2 is 2.11 bits per heavy atom. The Morgan fingerprint density at radius 3 is 2.89 bits per heavy atom. The maximum atomic E-state index is 5.87. The molecule has 0 atom stereocenters. The van der Waals surface area contributed by atoms with Crippen molar-refractivity contribution in [2.45, 2.75) is 0 Å². The van der Waals surface area contributed by atoms with Gasteiger partial charge in [-0.1, -0.05) is 0 Å². The van der Waals surface area contributed by atoms with Crippen molar-refractivity contribution in [1.29, 1.82) is 0 Å². The first kappa shape index (κ1) is 11.5. The molecule has 0 spiro atoms. The Kier molecular flexibility index (Phi) is 2.56. The Balaban J connectivity index is 2.30. The lowest BCUT2D eigenvalue weighted by Gasteiger charge is -2.07. The zero-order valence-electron chi connectivity index (χ0n) is 10.7. The maximum Gasteiger partial charge on any atom is 0.213 e. The van der Waals surface area contributed by atoms with Gasteiger partial charge >= 0.3 is 0 Å². The number of rotatable bonds is 2. The van der Waals surface area contributed by atoms with Gasteiger partial charge < -0.3 is 10.5 Å². The zero-order chi connectivity index (χ0) is 13.4. The number of anilines is 1. The molecule has 0 aliphatic carbocycles. The van der Waals surface area contributed by atoms with Crippen LogP contribution in [0.5, 0.6) is 5.88 Å². The molecule has 96 valence electrons. The monoisotopic (exact) mass is 255 g/mol. The van der Waals surface area contributed by atoms with Crippen LogP contribution in [-0.2, 0) is 7.05 Å². The van der Waals surface area contributed by atoms with Gasteiger partial charge in [0.15, 0.2) is 0 Å². The molecule has 3 heterocycles. The van der Waals surface area contributed by atoms with Crippen LogP contribution in [0, 0.1) is 0 Å². The minimum atomic E-state index is 0.480. The number of nitrogens with zero attached hydrogens (tertiary/aromatic N) is 4. The first-order valence-corrected chi connectivity index (χ1v) is 5.77. The van der Waals surface area contributed by atoms with Crippen LogP contribution < -0.4 is 10.5 Å². The van der Waals surface area contributed by atoms with E-state index >= 15 is 0 Å². The van der Waals surface area contributed by atoms with Crippen LogP contribution in [0.4, 0.5) is 5.82 Å². The number of aromatic nitrogens is 4. The van der Waals surface area contributed by atoms with Gasteiger partial charge in [0, 0.05) is 31.1 Å². The number of nitrogen functional groups attached to an aromatic ring is 1. The van der Waals surface area contributed by atoms with E-state index in [0.29, 0.717) is 11.7 Å². The molecule has 2 N–H and O–H groups in total. The Hall–Kier alpha value is -2.63. The standard InChI is InChI=1S/C13H13N5O/c1-18-12-9(6-16-13(14)10(12)7-17-18)8-3-4-15-11(5-8)19-2/h3-7H,1-2H3,(H2,14,16). The molecule has 0 saturated carbocycles. The van der Waals surface area contributed by atoms with Crippen molar-refractivity contribution in [2.24, 2.45) is 7.05 Å². The Bertz CT molecular complexity index is 750. The van der Waals surface area contributed by atoms with Crippen molar-refractivity contribution in [2.75, 3.05) is 12.8 Å². The SMILES string of the molecule is COc1cc(-c2cnc(N)c3cnn(C)c23)ccn1. The lowest BCUT2D eigenvalue weighted by molar-refractivity contribution is 0.398. The third-order valence-corrected chi connectivity index (χ3v) is 3.06. The molecule has 0 aliphatic heterocycles. The second-order valence-corrected chi connectivity index (χ2v) is 4.17. The summed E-state index contributed by atoms with van der Waals surface area (Å²) in [5.74, 6) is 1.04. The molecule has 0 unspecified atom stereocenters. The van der Waals surface area contributed by atoms with Gasteiger partial charge in [-0.25, -0.2) is 9.97 Å². The first-order valence-electron chi connectivity index (χ1n) is 5.77. The molecule has 0 radical (unpaired) electrons. The summed E-state index contributed by atoms with van der Waals surface area (Å²) in [6.45, 7) is 0. The summed E-state index contributed by atoms with van der Waals surface area (Å²) in [7, 11) is 3.47. The van der Waals surface area contributed by atoms with E-state index in [9.17, 15) is 0 Å². The molecule has 0 amide bonds. The molecular formula is C13H13N5O. The Labute approximate surface area is 109 Å². The normalized spacial score (nSPS) is 10.8. The number of aryl methyl sites for hydroxylation is 1. The second-order valence-electron chi connectivity index (χ2n) is 4.17. The van der Waals surface area contributed by atoms with Crippen molar-refractivity contribution >= 4 is 16.7 Å². The number of hydrogen-bond donors (Lipinski definition) is 1. The number of ether oxygens (including phenoxy) is 1. The Morgan fingerprint density at radius 1 is 1.26 bits per heavy atom. The molecular weight excluding hydrogens is 242 g/mol. The molecule has 19 heavy (non-hydrogen) atoms. The molecule has 0 saturated heterocycles. The van der Waals surface area contributed by atoms with E-state index < -0.39 is 0 Å². The smallest absolute Gasteiger partial charge is 0.213 e. The van der Waals surface area contributed by atoms with Crippen molar-refractivity contribution in [3.8, 4) is 17.0 Å². The van der Waals surface area contributed by atoms with Gasteiger partial charge in [0.1, 0.15) is 5.82 Å². The van der Waals surface area contributed by atoms with E-state index in [2.05, 4.69) is 15.1 Å². The number of methoxy groups -OCH3 is 1. The molecule has 6 heteroatoms. The van der Waals surface area contributed by atoms with Gasteiger partial charge in [0.05, 0.1) is 24.2 Å². The lowest BCUT2D eigenvalue weighted by Crippen LogP contribution is -1.96. The fraction of sp³-hybridized carbons (Fsp3) is 0.154. The first-order chi connectivity index (χ1) is 9.20. The molecule has 0 fully saturated rings. The van der Waals surface area contributed by atoms with Gasteiger partial charge in [-0.15, -0.1) is 0 Å². The molecule has 0 aromatic carbocycles. The fourth-order valence-electron chi connectivity index (χ4n) is 2.11. The molecule has 6 nitrogen and oxygen atoms in total. The van der Waals surface area contributed by atoms with Crippen LogP contribution in [0.3, 0.4) is 0 Å². The van der Waals surface area contributed by atoms with Gasteiger partial charge in [-0.2, -0.15) is 5.10 Å². The van der Waals surface area contributed by atoms with Crippen LogP contribution >= 0.6 is 0 Å². The predicted octanol–water partition coefficient (Wildman–Crippen LogP) is 1.62. The number of hydrogen-bond acceptors (Lipinski definition) is 5. The van der Waals surface area contributed by atoms with E-state index in [-0.39, 0.29) is 0 Å². The quantitative estimate of drug-likeness (QED) is 0.752. The summed E-state index contributed by atoms with van der Waals surface area (Å²) >= 11 is 0. The minimum absolute atomic E-state index is 0.480. The third kappa shape index (κ3) is 1.77. The molecule has 3 aromatic heterocycles. The maximum absolute atomic E-state index is 5.87. The van der Waals surface area contributed by atoms with E-state index in [1.54, 1.807) is 30.4 Å². The van der Waals surface area contributed by atoms with Gasteiger partial charge in [-0.05, 0) is 11.6 Å². The topological polar surface area (TPSA) is 78.9 Å². The fourth-order valence-corrected chi connectivity index (χ4v) is 2.11. The number of fused-ring (bicyclic) bond motifs is 1. The number of pyridine rings is 2. The summed E-state index contributed by atoms with van der Waals surface area (Å²) in [5, 5.41) is 5.08. The van der Waals surface area contributed by atoms with Crippen LogP contribution in [0.15, 0.2) is 30.7 Å². The average Bonchev–Trinajstić information content (AvgIpc) is 2.83. The largest absolute Gasteiger partial charge is 0.481 e. The highest BCUT2D eigenvalue weighted by Gasteiger charge is 2.12. The second kappa shape index (κ2) is 4.24. The zero-order valence-corrected chi connectivity index (χ0v) is 10.7. The summed E-state index contributed by atoms with van der Waals surface area (Å²) in [5.41, 5.74) is 8.73. The van der Waals surface area contributed by atoms with Crippen molar-refractivity contribution in [3.05, 3.63) is 30.7 Å². The predicted molar refractivity (Wildman–Crippen MR) is 72.7 cm³/mol. The highest BCUT2D eigenvalue weighted by molar-refractivity contribution is 5.98. The average molecular weight is 255 g/mol. The van der Waals surface area contributed by atoms with E-state index in [4.69, 9.17) is 10.5 Å². The minimum Gasteiger partial charge on any atom is -0.481 e. The van der Waals surface area contributed by atoms with E-state index in [0.717, 1.165) is 22.0 Å². The summed E-state index contributed by atoms with van der Waals surface area (Å²) < 4.78 is 6.93. The lowest BCUT2D eigenvalue weighted by atomic mass is 10.1. The van der Waals surface area contributed by atoms with Gasteiger partial charge in [0.2, 0.25) is 5.88 Å². The molecule has 3 rings (SSSR count).